The first-order valence-corrected chi connectivity index (χ1v) is 8.28. The van der Waals surface area contributed by atoms with E-state index in [-0.39, 0.29) is 19.1 Å². The maximum absolute atomic E-state index is 12.8. The SMILES string of the molecule is Cc1cccc(OCCN2C(=O)N[C@@](C)(c3ccc(C#N)cc3)C2=O)c1. The van der Waals surface area contributed by atoms with Crippen molar-refractivity contribution in [2.45, 2.75) is 19.4 Å². The molecule has 2 aromatic rings. The zero-order chi connectivity index (χ0) is 18.7. The number of carbonyl (C=O) groups excluding carboxylic acids is 2. The van der Waals surface area contributed by atoms with E-state index in [2.05, 4.69) is 5.32 Å². The van der Waals surface area contributed by atoms with Gasteiger partial charge in [0.25, 0.3) is 5.91 Å². The van der Waals surface area contributed by atoms with Crippen molar-refractivity contribution >= 4 is 11.9 Å². The van der Waals surface area contributed by atoms with Crippen LogP contribution in [-0.4, -0.2) is 30.0 Å². The number of hydrogen-bond acceptors (Lipinski definition) is 4. The van der Waals surface area contributed by atoms with Crippen LogP contribution >= 0.6 is 0 Å². The molecule has 0 spiro atoms. The number of imide groups is 1. The molecule has 1 atom stereocenters. The molecule has 0 saturated carbocycles. The number of amides is 3. The summed E-state index contributed by atoms with van der Waals surface area (Å²) in [5, 5.41) is 11.6. The first-order chi connectivity index (χ1) is 12.4. The average molecular weight is 349 g/mol. The number of nitrogens with zero attached hydrogens (tertiary/aromatic N) is 2. The number of carbonyl (C=O) groups is 2. The summed E-state index contributed by atoms with van der Waals surface area (Å²) < 4.78 is 5.64. The quantitative estimate of drug-likeness (QED) is 0.842. The molecule has 0 aromatic heterocycles. The van der Waals surface area contributed by atoms with Gasteiger partial charge in [0.2, 0.25) is 0 Å². The van der Waals surface area contributed by atoms with Crippen LogP contribution in [0.5, 0.6) is 5.75 Å². The van der Waals surface area contributed by atoms with Crippen LogP contribution in [0, 0.1) is 18.3 Å². The lowest BCUT2D eigenvalue weighted by Gasteiger charge is -2.22. The van der Waals surface area contributed by atoms with Gasteiger partial charge in [0.15, 0.2) is 0 Å². The second-order valence-corrected chi connectivity index (χ2v) is 6.37. The van der Waals surface area contributed by atoms with E-state index in [1.165, 1.54) is 0 Å². The summed E-state index contributed by atoms with van der Waals surface area (Å²) in [6, 6.07) is 15.8. The normalized spacial score (nSPS) is 19.2. The molecule has 26 heavy (non-hydrogen) atoms. The Morgan fingerprint density at radius 1 is 1.19 bits per heavy atom. The van der Waals surface area contributed by atoms with Crippen molar-refractivity contribution in [2.75, 3.05) is 13.2 Å². The Morgan fingerprint density at radius 2 is 1.92 bits per heavy atom. The molecule has 3 amide bonds. The number of rotatable bonds is 5. The standard InChI is InChI=1S/C20H19N3O3/c1-14-4-3-5-17(12-14)26-11-10-23-18(24)20(2,22-19(23)25)16-8-6-15(13-21)7-9-16/h3-9,12H,10-11H2,1-2H3,(H,22,25)/t20-/m0/s1. The molecule has 1 aliphatic rings. The van der Waals surface area contributed by atoms with E-state index in [0.29, 0.717) is 16.9 Å². The van der Waals surface area contributed by atoms with Gasteiger partial charge in [0.1, 0.15) is 17.9 Å². The second-order valence-electron chi connectivity index (χ2n) is 6.37. The van der Waals surface area contributed by atoms with Crippen LogP contribution in [0.15, 0.2) is 48.5 Å². The Balaban J connectivity index is 1.69. The summed E-state index contributed by atoms with van der Waals surface area (Å²) in [5.41, 5.74) is 1.06. The third-order valence-electron chi connectivity index (χ3n) is 4.44. The molecule has 0 radical (unpaired) electrons. The van der Waals surface area contributed by atoms with Gasteiger partial charge in [-0.05, 0) is 49.2 Å². The van der Waals surface area contributed by atoms with E-state index < -0.39 is 11.6 Å². The number of benzene rings is 2. The maximum Gasteiger partial charge on any atom is 0.325 e. The monoisotopic (exact) mass is 349 g/mol. The summed E-state index contributed by atoms with van der Waals surface area (Å²) in [5.74, 6) is 0.368. The largest absolute Gasteiger partial charge is 0.492 e. The maximum atomic E-state index is 12.8. The molecule has 132 valence electrons. The molecular weight excluding hydrogens is 330 g/mol. The summed E-state index contributed by atoms with van der Waals surface area (Å²) in [4.78, 5) is 26.3. The Morgan fingerprint density at radius 3 is 2.58 bits per heavy atom. The Hall–Kier alpha value is -3.33. The Labute approximate surface area is 152 Å². The summed E-state index contributed by atoms with van der Waals surface area (Å²) in [6.07, 6.45) is 0. The topological polar surface area (TPSA) is 82.4 Å². The highest BCUT2D eigenvalue weighted by atomic mass is 16.5. The van der Waals surface area contributed by atoms with Crippen molar-refractivity contribution in [3.8, 4) is 11.8 Å². The minimum absolute atomic E-state index is 0.157. The number of ether oxygens (including phenoxy) is 1. The predicted molar refractivity (Wildman–Crippen MR) is 95.4 cm³/mol. The molecule has 0 unspecified atom stereocenters. The smallest absolute Gasteiger partial charge is 0.325 e. The van der Waals surface area contributed by atoms with Crippen molar-refractivity contribution < 1.29 is 14.3 Å². The predicted octanol–water partition coefficient (Wildman–Crippen LogP) is 2.71. The Bertz CT molecular complexity index is 886. The summed E-state index contributed by atoms with van der Waals surface area (Å²) in [7, 11) is 0. The molecule has 1 fully saturated rings. The summed E-state index contributed by atoms with van der Waals surface area (Å²) in [6.45, 7) is 4.00. The van der Waals surface area contributed by atoms with Crippen molar-refractivity contribution in [1.82, 2.24) is 10.2 Å². The third kappa shape index (κ3) is 3.24. The second kappa shape index (κ2) is 6.89. The van der Waals surface area contributed by atoms with Crippen LogP contribution in [0.4, 0.5) is 4.79 Å². The van der Waals surface area contributed by atoms with E-state index in [0.717, 1.165) is 10.5 Å². The minimum atomic E-state index is -1.14. The van der Waals surface area contributed by atoms with Crippen molar-refractivity contribution in [3.63, 3.8) is 0 Å². The van der Waals surface area contributed by atoms with Crippen LogP contribution in [0.1, 0.15) is 23.6 Å². The first kappa shape index (κ1) is 17.5. The number of aryl methyl sites for hydroxylation is 1. The highest BCUT2D eigenvalue weighted by Crippen LogP contribution is 2.29. The fourth-order valence-corrected chi connectivity index (χ4v) is 2.93. The fraction of sp³-hybridized carbons (Fsp3) is 0.250. The molecule has 0 aliphatic carbocycles. The van der Waals surface area contributed by atoms with Gasteiger partial charge in [0.05, 0.1) is 18.2 Å². The van der Waals surface area contributed by atoms with Crippen molar-refractivity contribution in [2.24, 2.45) is 0 Å². The molecule has 3 rings (SSSR count). The molecule has 1 N–H and O–H groups in total. The molecule has 6 nitrogen and oxygen atoms in total. The zero-order valence-corrected chi connectivity index (χ0v) is 14.7. The van der Waals surface area contributed by atoms with E-state index in [9.17, 15) is 9.59 Å². The third-order valence-corrected chi connectivity index (χ3v) is 4.44. The zero-order valence-electron chi connectivity index (χ0n) is 14.7. The molecule has 2 aromatic carbocycles. The van der Waals surface area contributed by atoms with Gasteiger partial charge in [-0.3, -0.25) is 9.69 Å². The molecule has 1 aliphatic heterocycles. The van der Waals surface area contributed by atoms with Crippen LogP contribution < -0.4 is 10.1 Å². The van der Waals surface area contributed by atoms with E-state index in [1.54, 1.807) is 31.2 Å². The van der Waals surface area contributed by atoms with Crippen LogP contribution in [0.25, 0.3) is 0 Å². The van der Waals surface area contributed by atoms with Crippen LogP contribution in [0.3, 0.4) is 0 Å². The van der Waals surface area contributed by atoms with Crippen molar-refractivity contribution in [1.29, 1.82) is 5.26 Å². The number of urea groups is 1. The van der Waals surface area contributed by atoms with Gasteiger partial charge >= 0.3 is 6.03 Å². The molecule has 1 heterocycles. The van der Waals surface area contributed by atoms with E-state index >= 15 is 0 Å². The lowest BCUT2D eigenvalue weighted by molar-refractivity contribution is -0.131. The Kier molecular flexibility index (Phi) is 4.63. The number of nitrogens with one attached hydrogen (secondary N) is 1. The number of nitriles is 1. The van der Waals surface area contributed by atoms with Gasteiger partial charge in [0, 0.05) is 0 Å². The van der Waals surface area contributed by atoms with Gasteiger partial charge in [-0.1, -0.05) is 24.3 Å². The van der Waals surface area contributed by atoms with Gasteiger partial charge in [-0.15, -0.1) is 0 Å². The van der Waals surface area contributed by atoms with Gasteiger partial charge in [-0.25, -0.2) is 4.79 Å². The molecular formula is C20H19N3O3. The molecule has 0 bridgehead atoms. The fourth-order valence-electron chi connectivity index (χ4n) is 2.93. The van der Waals surface area contributed by atoms with E-state index in [4.69, 9.17) is 10.00 Å². The average Bonchev–Trinajstić information content (AvgIpc) is 2.86. The van der Waals surface area contributed by atoms with Crippen LogP contribution in [0.2, 0.25) is 0 Å². The molecule has 6 heteroatoms. The van der Waals surface area contributed by atoms with Crippen molar-refractivity contribution in [3.05, 3.63) is 65.2 Å². The lowest BCUT2D eigenvalue weighted by Crippen LogP contribution is -2.41. The highest BCUT2D eigenvalue weighted by Gasteiger charge is 2.48. The van der Waals surface area contributed by atoms with Gasteiger partial charge < -0.3 is 10.1 Å². The van der Waals surface area contributed by atoms with E-state index in [1.807, 2.05) is 37.3 Å². The highest BCUT2D eigenvalue weighted by molar-refractivity contribution is 6.07. The molecule has 1 saturated heterocycles. The first-order valence-electron chi connectivity index (χ1n) is 8.28. The lowest BCUT2D eigenvalue weighted by atomic mass is 9.91. The van der Waals surface area contributed by atoms with Gasteiger partial charge in [-0.2, -0.15) is 5.26 Å². The number of hydrogen-bond donors (Lipinski definition) is 1. The minimum Gasteiger partial charge on any atom is -0.492 e. The summed E-state index contributed by atoms with van der Waals surface area (Å²) >= 11 is 0. The van der Waals surface area contributed by atoms with Crippen LogP contribution in [-0.2, 0) is 10.3 Å².